The minimum Gasteiger partial charge on any atom is -0.457 e. The lowest BCUT2D eigenvalue weighted by Gasteiger charge is -2.10. The molecule has 0 saturated heterocycles. The zero-order chi connectivity index (χ0) is 13.1. The zero-order valence-electron chi connectivity index (χ0n) is 9.19. The third-order valence-corrected chi connectivity index (χ3v) is 3.13. The van der Waals surface area contributed by atoms with E-state index < -0.39 is 0 Å². The maximum absolute atomic E-state index is 13.4. The van der Waals surface area contributed by atoms with E-state index in [0.717, 1.165) is 0 Å². The molecule has 2 N–H and O–H groups in total. The summed E-state index contributed by atoms with van der Waals surface area (Å²) in [5.41, 5.74) is 6.21. The molecule has 0 radical (unpaired) electrons. The fraction of sp³-hybridized carbons (Fsp3) is 0. The van der Waals surface area contributed by atoms with Crippen molar-refractivity contribution in [3.63, 3.8) is 0 Å². The van der Waals surface area contributed by atoms with E-state index in [1.54, 1.807) is 30.3 Å². The molecule has 0 unspecified atom stereocenters. The Balaban J connectivity index is 2.34. The predicted octanol–water partition coefficient (Wildman–Crippen LogP) is 4.01. The van der Waals surface area contributed by atoms with Crippen LogP contribution in [0.4, 0.5) is 4.39 Å². The maximum Gasteiger partial charge on any atom is 0.141 e. The molecule has 0 spiro atoms. The molecule has 0 amide bonds. The summed E-state index contributed by atoms with van der Waals surface area (Å²) in [6, 6.07) is 11.6. The third-order valence-electron chi connectivity index (χ3n) is 2.27. The topological polar surface area (TPSA) is 35.2 Å². The van der Waals surface area contributed by atoms with Gasteiger partial charge in [0.15, 0.2) is 0 Å². The van der Waals surface area contributed by atoms with Crippen molar-refractivity contribution in [2.24, 2.45) is 5.73 Å². The highest BCUT2D eigenvalue weighted by atomic mass is 79.9. The fourth-order valence-electron chi connectivity index (χ4n) is 1.43. The largest absolute Gasteiger partial charge is 0.457 e. The predicted molar refractivity (Wildman–Crippen MR) is 76.5 cm³/mol. The van der Waals surface area contributed by atoms with Crippen LogP contribution in [-0.2, 0) is 0 Å². The number of halogens is 2. The van der Waals surface area contributed by atoms with Crippen molar-refractivity contribution >= 4 is 33.1 Å². The quantitative estimate of drug-likeness (QED) is 0.866. The molecule has 5 heteroatoms. The monoisotopic (exact) mass is 325 g/mol. The van der Waals surface area contributed by atoms with Crippen LogP contribution in [0.25, 0.3) is 0 Å². The van der Waals surface area contributed by atoms with Gasteiger partial charge in [-0.3, -0.25) is 0 Å². The summed E-state index contributed by atoms with van der Waals surface area (Å²) in [6.07, 6.45) is 0. The molecule has 2 aromatic carbocycles. The molecule has 0 heterocycles. The van der Waals surface area contributed by atoms with Gasteiger partial charge in [0.2, 0.25) is 0 Å². The molecular formula is C13H9BrFNOS. The summed E-state index contributed by atoms with van der Waals surface area (Å²) >= 11 is 8.01. The van der Waals surface area contributed by atoms with Crippen LogP contribution in [0, 0.1) is 5.82 Å². The van der Waals surface area contributed by atoms with Crippen molar-refractivity contribution in [2.45, 2.75) is 0 Å². The number of ether oxygens (including phenoxy) is 1. The number of hydrogen-bond acceptors (Lipinski definition) is 2. The lowest BCUT2D eigenvalue weighted by Crippen LogP contribution is -2.10. The van der Waals surface area contributed by atoms with E-state index in [1.807, 2.05) is 6.07 Å². The number of nitrogens with two attached hydrogens (primary N) is 1. The van der Waals surface area contributed by atoms with Crippen LogP contribution in [-0.4, -0.2) is 4.99 Å². The van der Waals surface area contributed by atoms with Crippen molar-refractivity contribution in [3.8, 4) is 11.5 Å². The Morgan fingerprint density at radius 3 is 2.61 bits per heavy atom. The first kappa shape index (κ1) is 13.0. The van der Waals surface area contributed by atoms with E-state index >= 15 is 0 Å². The van der Waals surface area contributed by atoms with Crippen molar-refractivity contribution in [3.05, 3.63) is 58.3 Å². The van der Waals surface area contributed by atoms with Gasteiger partial charge in [0.1, 0.15) is 22.3 Å². The first-order valence-corrected chi connectivity index (χ1v) is 6.30. The van der Waals surface area contributed by atoms with Gasteiger partial charge in [-0.15, -0.1) is 0 Å². The number of rotatable bonds is 3. The van der Waals surface area contributed by atoms with Crippen LogP contribution in [0.5, 0.6) is 11.5 Å². The van der Waals surface area contributed by atoms with Crippen LogP contribution in [0.2, 0.25) is 0 Å². The molecule has 2 nitrogen and oxygen atoms in total. The first-order chi connectivity index (χ1) is 8.58. The zero-order valence-corrected chi connectivity index (χ0v) is 11.6. The second-order valence-electron chi connectivity index (χ2n) is 3.54. The van der Waals surface area contributed by atoms with Crippen LogP contribution < -0.4 is 10.5 Å². The minimum absolute atomic E-state index is 0.239. The molecule has 0 aliphatic rings. The molecule has 2 aromatic rings. The Kier molecular flexibility index (Phi) is 3.93. The van der Waals surface area contributed by atoms with Crippen LogP contribution in [0.3, 0.4) is 0 Å². The highest BCUT2D eigenvalue weighted by Crippen LogP contribution is 2.27. The number of para-hydroxylation sites is 1. The molecule has 18 heavy (non-hydrogen) atoms. The second kappa shape index (κ2) is 5.46. The molecular weight excluding hydrogens is 317 g/mol. The molecule has 2 rings (SSSR count). The Morgan fingerprint density at radius 2 is 1.94 bits per heavy atom. The van der Waals surface area contributed by atoms with Crippen LogP contribution in [0.1, 0.15) is 5.56 Å². The second-order valence-corrected chi connectivity index (χ2v) is 4.83. The highest BCUT2D eigenvalue weighted by Gasteiger charge is 2.08. The lowest BCUT2D eigenvalue weighted by atomic mass is 10.2. The molecule has 0 fully saturated rings. The van der Waals surface area contributed by atoms with Gasteiger partial charge < -0.3 is 10.5 Å². The molecule has 0 saturated carbocycles. The van der Waals surface area contributed by atoms with Crippen molar-refractivity contribution in [1.29, 1.82) is 0 Å². The Morgan fingerprint density at radius 1 is 1.22 bits per heavy atom. The number of thiocarbonyl (C=S) groups is 1. The van der Waals surface area contributed by atoms with Gasteiger partial charge in [0.25, 0.3) is 0 Å². The van der Waals surface area contributed by atoms with Gasteiger partial charge >= 0.3 is 0 Å². The number of benzene rings is 2. The maximum atomic E-state index is 13.4. The summed E-state index contributed by atoms with van der Waals surface area (Å²) < 4.78 is 19.3. The molecule has 0 aliphatic heterocycles. The molecule has 0 atom stereocenters. The summed E-state index contributed by atoms with van der Waals surface area (Å²) in [4.78, 5) is 0.239. The summed E-state index contributed by atoms with van der Waals surface area (Å²) in [6.45, 7) is 0. The third kappa shape index (κ3) is 2.86. The van der Waals surface area contributed by atoms with Crippen molar-refractivity contribution in [2.75, 3.05) is 0 Å². The normalized spacial score (nSPS) is 10.1. The van der Waals surface area contributed by atoms with E-state index in [-0.39, 0.29) is 10.8 Å². The average Bonchev–Trinajstić information content (AvgIpc) is 2.34. The van der Waals surface area contributed by atoms with Gasteiger partial charge in [-0.2, -0.15) is 0 Å². The fourth-order valence-corrected chi connectivity index (χ4v) is 1.84. The first-order valence-electron chi connectivity index (χ1n) is 5.09. The molecule has 0 bridgehead atoms. The lowest BCUT2D eigenvalue weighted by molar-refractivity contribution is 0.475. The van der Waals surface area contributed by atoms with E-state index in [2.05, 4.69) is 15.9 Å². The number of hydrogen-bond donors (Lipinski definition) is 1. The Hall–Kier alpha value is -1.46. The van der Waals surface area contributed by atoms with Crippen LogP contribution >= 0.6 is 28.1 Å². The van der Waals surface area contributed by atoms with Gasteiger partial charge in [0, 0.05) is 6.07 Å². The Labute approximate surface area is 118 Å². The van der Waals surface area contributed by atoms with Gasteiger partial charge in [0.05, 0.1) is 10.0 Å². The van der Waals surface area contributed by atoms with Gasteiger partial charge in [-0.1, -0.05) is 24.4 Å². The van der Waals surface area contributed by atoms with E-state index in [9.17, 15) is 4.39 Å². The standard InChI is InChI=1S/C13H9BrFNOS/c14-10-6-5-8(7-11(10)15)17-12-4-2-1-3-9(12)13(16)18/h1-7H,(H2,16,18). The van der Waals surface area contributed by atoms with E-state index in [0.29, 0.717) is 21.5 Å². The van der Waals surface area contributed by atoms with Gasteiger partial charge in [-0.25, -0.2) is 4.39 Å². The average molecular weight is 326 g/mol. The summed E-state index contributed by atoms with van der Waals surface area (Å²) in [5, 5.41) is 0. The van der Waals surface area contributed by atoms with E-state index in [1.165, 1.54) is 6.07 Å². The summed E-state index contributed by atoms with van der Waals surface area (Å²) in [5.74, 6) is 0.506. The van der Waals surface area contributed by atoms with Crippen molar-refractivity contribution in [1.82, 2.24) is 0 Å². The molecule has 92 valence electrons. The van der Waals surface area contributed by atoms with Crippen LogP contribution in [0.15, 0.2) is 46.9 Å². The van der Waals surface area contributed by atoms with Gasteiger partial charge in [-0.05, 0) is 40.2 Å². The SMILES string of the molecule is NC(=S)c1ccccc1Oc1ccc(Br)c(F)c1. The minimum atomic E-state index is -0.389. The van der Waals surface area contributed by atoms with E-state index in [4.69, 9.17) is 22.7 Å². The molecule has 0 aromatic heterocycles. The highest BCUT2D eigenvalue weighted by molar-refractivity contribution is 9.10. The van der Waals surface area contributed by atoms with Crippen molar-refractivity contribution < 1.29 is 9.13 Å². The smallest absolute Gasteiger partial charge is 0.141 e. The Bertz CT molecular complexity index is 603. The summed E-state index contributed by atoms with van der Waals surface area (Å²) in [7, 11) is 0. The molecule has 0 aliphatic carbocycles.